The molecule has 0 bridgehead atoms. The maximum absolute atomic E-state index is 13.9. The van der Waals surface area contributed by atoms with Crippen molar-refractivity contribution in [3.05, 3.63) is 70.8 Å². The van der Waals surface area contributed by atoms with Crippen molar-refractivity contribution >= 4 is 17.5 Å². The molecule has 4 rings (SSSR count). The van der Waals surface area contributed by atoms with Gasteiger partial charge in [-0.25, -0.2) is 4.39 Å². The lowest BCUT2D eigenvalue weighted by atomic mass is 10.1. The molecule has 0 atom stereocenters. The second-order valence-corrected chi connectivity index (χ2v) is 6.24. The van der Waals surface area contributed by atoms with E-state index in [1.807, 2.05) is 16.7 Å². The summed E-state index contributed by atoms with van der Waals surface area (Å²) in [5.41, 5.74) is 0.991. The Bertz CT molecular complexity index is 939. The molecule has 1 aliphatic heterocycles. The largest absolute Gasteiger partial charge is 0.329 e. The van der Waals surface area contributed by atoms with Crippen LogP contribution in [0, 0.1) is 5.82 Å². The molecule has 25 heavy (non-hydrogen) atoms. The smallest absolute Gasteiger partial charge is 0.257 e. The van der Waals surface area contributed by atoms with Crippen LogP contribution in [0.5, 0.6) is 0 Å². The van der Waals surface area contributed by atoms with Crippen molar-refractivity contribution in [2.45, 2.75) is 13.1 Å². The highest BCUT2D eigenvalue weighted by Gasteiger charge is 2.26. The Kier molecular flexibility index (Phi) is 3.97. The third kappa shape index (κ3) is 2.89. The van der Waals surface area contributed by atoms with Crippen molar-refractivity contribution in [2.75, 3.05) is 6.54 Å². The number of carbonyl (C=O) groups is 1. The van der Waals surface area contributed by atoms with Crippen LogP contribution in [-0.4, -0.2) is 32.1 Å². The van der Waals surface area contributed by atoms with E-state index in [-0.39, 0.29) is 11.5 Å². The third-order valence-corrected chi connectivity index (χ3v) is 4.50. The third-order valence-electron chi connectivity index (χ3n) is 4.25. The van der Waals surface area contributed by atoms with E-state index in [1.54, 1.807) is 29.2 Å². The Morgan fingerprint density at radius 1 is 1.04 bits per heavy atom. The zero-order chi connectivity index (χ0) is 17.4. The lowest BCUT2D eigenvalue weighted by molar-refractivity contribution is 0.0703. The van der Waals surface area contributed by atoms with E-state index >= 15 is 0 Å². The molecule has 1 amide bonds. The Balaban J connectivity index is 1.60. The topological polar surface area (TPSA) is 51.0 Å². The van der Waals surface area contributed by atoms with Gasteiger partial charge in [-0.05, 0) is 36.4 Å². The molecular weight excluding hydrogens is 343 g/mol. The summed E-state index contributed by atoms with van der Waals surface area (Å²) in [6.07, 6.45) is 0. The maximum Gasteiger partial charge on any atom is 0.257 e. The van der Waals surface area contributed by atoms with Crippen LogP contribution >= 0.6 is 11.6 Å². The average Bonchev–Trinajstić information content (AvgIpc) is 3.05. The molecule has 0 saturated carbocycles. The standard InChI is InChI=1S/C18H14ClFN4O/c19-13-7-5-12(6-8-13)17-22-21-16-11-23(9-10-24(16)17)18(25)14-3-1-2-4-15(14)20/h1-8H,9-11H2. The van der Waals surface area contributed by atoms with Gasteiger partial charge in [-0.3, -0.25) is 4.79 Å². The van der Waals surface area contributed by atoms with Crippen LogP contribution in [0.15, 0.2) is 48.5 Å². The van der Waals surface area contributed by atoms with Crippen molar-refractivity contribution in [1.82, 2.24) is 19.7 Å². The van der Waals surface area contributed by atoms with Crippen LogP contribution in [0.25, 0.3) is 11.4 Å². The SMILES string of the molecule is O=C(c1ccccc1F)N1CCn2c(nnc2-c2ccc(Cl)cc2)C1. The highest BCUT2D eigenvalue weighted by Crippen LogP contribution is 2.24. The molecular formula is C18H14ClFN4O. The lowest BCUT2D eigenvalue weighted by Gasteiger charge is -2.28. The van der Waals surface area contributed by atoms with Gasteiger partial charge in [0.05, 0.1) is 12.1 Å². The molecule has 0 radical (unpaired) electrons. The number of amides is 1. The van der Waals surface area contributed by atoms with Gasteiger partial charge >= 0.3 is 0 Å². The quantitative estimate of drug-likeness (QED) is 0.707. The van der Waals surface area contributed by atoms with Gasteiger partial charge < -0.3 is 9.47 Å². The number of halogens is 2. The number of benzene rings is 2. The van der Waals surface area contributed by atoms with Crippen LogP contribution in [0.2, 0.25) is 5.02 Å². The van der Waals surface area contributed by atoms with Crippen molar-refractivity contribution in [1.29, 1.82) is 0 Å². The van der Waals surface area contributed by atoms with E-state index < -0.39 is 5.82 Å². The van der Waals surface area contributed by atoms with E-state index in [9.17, 15) is 9.18 Å². The highest BCUT2D eigenvalue weighted by atomic mass is 35.5. The Morgan fingerprint density at radius 3 is 2.56 bits per heavy atom. The first-order chi connectivity index (χ1) is 12.1. The summed E-state index contributed by atoms with van der Waals surface area (Å²) in [7, 11) is 0. The van der Waals surface area contributed by atoms with Crippen LogP contribution in [-0.2, 0) is 13.1 Å². The molecule has 5 nitrogen and oxygen atoms in total. The molecule has 7 heteroatoms. The fourth-order valence-electron chi connectivity index (χ4n) is 2.95. The highest BCUT2D eigenvalue weighted by molar-refractivity contribution is 6.30. The maximum atomic E-state index is 13.9. The molecule has 0 unspecified atom stereocenters. The van der Waals surface area contributed by atoms with E-state index in [0.717, 1.165) is 11.4 Å². The lowest BCUT2D eigenvalue weighted by Crippen LogP contribution is -2.38. The summed E-state index contributed by atoms with van der Waals surface area (Å²) < 4.78 is 15.8. The number of hydrogen-bond acceptors (Lipinski definition) is 3. The summed E-state index contributed by atoms with van der Waals surface area (Å²) in [6, 6.07) is 13.4. The van der Waals surface area contributed by atoms with E-state index in [0.29, 0.717) is 30.5 Å². The van der Waals surface area contributed by atoms with Crippen molar-refractivity contribution in [3.63, 3.8) is 0 Å². The fraction of sp³-hybridized carbons (Fsp3) is 0.167. The van der Waals surface area contributed by atoms with Crippen LogP contribution < -0.4 is 0 Å². The molecule has 2 heterocycles. The first kappa shape index (κ1) is 15.8. The van der Waals surface area contributed by atoms with Crippen molar-refractivity contribution in [3.8, 4) is 11.4 Å². The molecule has 0 saturated heterocycles. The van der Waals surface area contributed by atoms with Gasteiger partial charge in [0.1, 0.15) is 5.82 Å². The number of hydrogen-bond donors (Lipinski definition) is 0. The van der Waals surface area contributed by atoms with E-state index in [4.69, 9.17) is 11.6 Å². The zero-order valence-electron chi connectivity index (χ0n) is 13.2. The average molecular weight is 357 g/mol. The Hall–Kier alpha value is -2.73. The van der Waals surface area contributed by atoms with E-state index in [2.05, 4.69) is 10.2 Å². The molecule has 1 aliphatic rings. The van der Waals surface area contributed by atoms with Gasteiger partial charge in [0.15, 0.2) is 11.6 Å². The van der Waals surface area contributed by atoms with Gasteiger partial charge in [-0.15, -0.1) is 10.2 Å². The number of rotatable bonds is 2. The summed E-state index contributed by atoms with van der Waals surface area (Å²) >= 11 is 5.92. The van der Waals surface area contributed by atoms with Crippen LogP contribution in [0.4, 0.5) is 4.39 Å². The van der Waals surface area contributed by atoms with Gasteiger partial charge in [0.2, 0.25) is 0 Å². The number of fused-ring (bicyclic) bond motifs is 1. The predicted molar refractivity (Wildman–Crippen MR) is 91.6 cm³/mol. The molecule has 0 N–H and O–H groups in total. The monoisotopic (exact) mass is 356 g/mol. The number of carbonyl (C=O) groups excluding carboxylic acids is 1. The summed E-state index contributed by atoms with van der Waals surface area (Å²) in [6.45, 7) is 1.33. The number of aromatic nitrogens is 3. The van der Waals surface area contributed by atoms with Gasteiger partial charge in [0.25, 0.3) is 5.91 Å². The predicted octanol–water partition coefficient (Wildman–Crippen LogP) is 3.39. The van der Waals surface area contributed by atoms with Gasteiger partial charge in [-0.2, -0.15) is 0 Å². The summed E-state index contributed by atoms with van der Waals surface area (Å²) in [5.74, 6) is 0.576. The van der Waals surface area contributed by atoms with Gasteiger partial charge in [-0.1, -0.05) is 23.7 Å². The Morgan fingerprint density at radius 2 is 1.80 bits per heavy atom. The van der Waals surface area contributed by atoms with Gasteiger partial charge in [0, 0.05) is 23.7 Å². The van der Waals surface area contributed by atoms with Crippen molar-refractivity contribution in [2.24, 2.45) is 0 Å². The summed E-state index contributed by atoms with van der Waals surface area (Å²) in [5, 5.41) is 9.09. The van der Waals surface area contributed by atoms with Crippen LogP contribution in [0.1, 0.15) is 16.2 Å². The minimum absolute atomic E-state index is 0.0772. The van der Waals surface area contributed by atoms with Crippen molar-refractivity contribution < 1.29 is 9.18 Å². The minimum atomic E-state index is -0.513. The molecule has 126 valence electrons. The molecule has 1 aromatic heterocycles. The normalized spacial score (nSPS) is 13.6. The molecule has 0 aliphatic carbocycles. The summed E-state index contributed by atoms with van der Waals surface area (Å²) in [4.78, 5) is 14.1. The fourth-order valence-corrected chi connectivity index (χ4v) is 3.07. The second kappa shape index (κ2) is 6.29. The first-order valence-corrected chi connectivity index (χ1v) is 8.23. The Labute approximate surface area is 148 Å². The molecule has 2 aromatic carbocycles. The minimum Gasteiger partial charge on any atom is -0.329 e. The molecule has 0 spiro atoms. The number of nitrogens with zero attached hydrogens (tertiary/aromatic N) is 4. The molecule has 3 aromatic rings. The molecule has 0 fully saturated rings. The van der Waals surface area contributed by atoms with Crippen LogP contribution in [0.3, 0.4) is 0 Å². The first-order valence-electron chi connectivity index (χ1n) is 7.85. The van der Waals surface area contributed by atoms with E-state index in [1.165, 1.54) is 12.1 Å². The zero-order valence-corrected chi connectivity index (χ0v) is 13.9. The second-order valence-electron chi connectivity index (χ2n) is 5.80.